The summed E-state index contributed by atoms with van der Waals surface area (Å²) in [5.74, 6) is -0.439. The second-order valence-corrected chi connectivity index (χ2v) is 4.92. The van der Waals surface area contributed by atoms with Gasteiger partial charge in [-0.2, -0.15) is 0 Å². The maximum absolute atomic E-state index is 12.4. The highest BCUT2D eigenvalue weighted by Crippen LogP contribution is 2.30. The number of methoxy groups -OCH3 is 1. The molecular formula is C14H17F3N2O3. The Bertz CT molecular complexity index is 522. The van der Waals surface area contributed by atoms with E-state index in [0.29, 0.717) is 13.2 Å². The predicted molar refractivity (Wildman–Crippen MR) is 73.7 cm³/mol. The Balaban J connectivity index is 2.08. The van der Waals surface area contributed by atoms with Crippen LogP contribution in [0.25, 0.3) is 0 Å². The molecule has 1 aromatic carbocycles. The molecule has 22 heavy (non-hydrogen) atoms. The molecule has 1 N–H and O–H groups in total. The quantitative estimate of drug-likeness (QED) is 0.927. The van der Waals surface area contributed by atoms with Gasteiger partial charge in [-0.25, -0.2) is 4.79 Å². The average Bonchev–Trinajstić information content (AvgIpc) is 2.88. The molecule has 1 saturated heterocycles. The number of hydrogen-bond acceptors (Lipinski definition) is 3. The van der Waals surface area contributed by atoms with Gasteiger partial charge in [0.15, 0.2) is 5.75 Å². The summed E-state index contributed by atoms with van der Waals surface area (Å²) in [6.07, 6.45) is -3.17. The molecule has 122 valence electrons. The highest BCUT2D eigenvalue weighted by Gasteiger charge is 2.33. The molecule has 2 amide bonds. The monoisotopic (exact) mass is 318 g/mol. The Morgan fingerprint density at radius 1 is 1.41 bits per heavy atom. The van der Waals surface area contributed by atoms with Crippen LogP contribution < -0.4 is 10.1 Å². The smallest absolute Gasteiger partial charge is 0.404 e. The van der Waals surface area contributed by atoms with E-state index in [4.69, 9.17) is 4.74 Å². The summed E-state index contributed by atoms with van der Waals surface area (Å²) in [5.41, 5.74) is -0.0205. The number of alkyl halides is 3. The SMILES string of the molecule is COC[C@@H]1CCCN1C(=O)Nc1ccccc1OC(F)(F)F. The first-order valence-electron chi connectivity index (χ1n) is 6.82. The van der Waals surface area contributed by atoms with Gasteiger partial charge in [-0.05, 0) is 25.0 Å². The number of urea groups is 1. The Labute approximate surface area is 126 Å². The number of hydrogen-bond donors (Lipinski definition) is 1. The highest BCUT2D eigenvalue weighted by molar-refractivity contribution is 5.91. The molecule has 0 unspecified atom stereocenters. The number of nitrogens with one attached hydrogen (secondary N) is 1. The van der Waals surface area contributed by atoms with Crippen molar-refractivity contribution >= 4 is 11.7 Å². The Hall–Kier alpha value is -1.96. The number of halogens is 3. The van der Waals surface area contributed by atoms with E-state index in [1.807, 2.05) is 0 Å². The fourth-order valence-corrected chi connectivity index (χ4v) is 2.44. The summed E-state index contributed by atoms with van der Waals surface area (Å²) >= 11 is 0. The summed E-state index contributed by atoms with van der Waals surface area (Å²) in [4.78, 5) is 13.8. The van der Waals surface area contributed by atoms with Crippen molar-refractivity contribution in [3.63, 3.8) is 0 Å². The highest BCUT2D eigenvalue weighted by atomic mass is 19.4. The molecule has 2 rings (SSSR count). The van der Waals surface area contributed by atoms with Crippen molar-refractivity contribution in [3.05, 3.63) is 24.3 Å². The van der Waals surface area contributed by atoms with Crippen molar-refractivity contribution in [2.45, 2.75) is 25.2 Å². The molecule has 0 bridgehead atoms. The minimum atomic E-state index is -4.81. The minimum Gasteiger partial charge on any atom is -0.404 e. The van der Waals surface area contributed by atoms with Gasteiger partial charge in [-0.3, -0.25) is 0 Å². The summed E-state index contributed by atoms with van der Waals surface area (Å²) in [6.45, 7) is 0.941. The van der Waals surface area contributed by atoms with Crippen LogP contribution in [0.3, 0.4) is 0 Å². The number of carbonyl (C=O) groups is 1. The van der Waals surface area contributed by atoms with Gasteiger partial charge < -0.3 is 19.7 Å². The first kappa shape index (κ1) is 16.4. The van der Waals surface area contributed by atoms with E-state index in [2.05, 4.69) is 10.1 Å². The van der Waals surface area contributed by atoms with Crippen LogP contribution >= 0.6 is 0 Å². The molecule has 0 aliphatic carbocycles. The molecule has 0 saturated carbocycles. The van der Waals surface area contributed by atoms with Crippen LogP contribution in [0.5, 0.6) is 5.75 Å². The van der Waals surface area contributed by atoms with Crippen LogP contribution in [0.15, 0.2) is 24.3 Å². The van der Waals surface area contributed by atoms with Crippen LogP contribution in [0.2, 0.25) is 0 Å². The van der Waals surface area contributed by atoms with Gasteiger partial charge in [0.2, 0.25) is 0 Å². The molecule has 5 nitrogen and oxygen atoms in total. The first-order valence-corrected chi connectivity index (χ1v) is 6.82. The van der Waals surface area contributed by atoms with E-state index >= 15 is 0 Å². The van der Waals surface area contributed by atoms with Crippen molar-refractivity contribution < 1.29 is 27.4 Å². The van der Waals surface area contributed by atoms with Gasteiger partial charge in [0.1, 0.15) is 0 Å². The fourth-order valence-electron chi connectivity index (χ4n) is 2.44. The van der Waals surface area contributed by atoms with Crippen LogP contribution in [-0.4, -0.2) is 43.6 Å². The lowest BCUT2D eigenvalue weighted by molar-refractivity contribution is -0.274. The lowest BCUT2D eigenvalue weighted by Gasteiger charge is -2.25. The Morgan fingerprint density at radius 2 is 2.14 bits per heavy atom. The Kier molecular flexibility index (Phi) is 5.12. The van der Waals surface area contributed by atoms with Gasteiger partial charge in [-0.1, -0.05) is 12.1 Å². The maximum Gasteiger partial charge on any atom is 0.573 e. The van der Waals surface area contributed by atoms with Crippen LogP contribution in [0.1, 0.15) is 12.8 Å². The van der Waals surface area contributed by atoms with Crippen LogP contribution in [0.4, 0.5) is 23.7 Å². The van der Waals surface area contributed by atoms with E-state index < -0.39 is 18.1 Å². The second kappa shape index (κ2) is 6.87. The zero-order valence-electron chi connectivity index (χ0n) is 12.0. The predicted octanol–water partition coefficient (Wildman–Crippen LogP) is 3.23. The Morgan fingerprint density at radius 3 is 2.82 bits per heavy atom. The second-order valence-electron chi connectivity index (χ2n) is 4.92. The van der Waals surface area contributed by atoms with Crippen LogP contribution in [0, 0.1) is 0 Å². The molecule has 1 fully saturated rings. The van der Waals surface area contributed by atoms with E-state index in [-0.39, 0.29) is 11.7 Å². The lowest BCUT2D eigenvalue weighted by Crippen LogP contribution is -2.40. The number of carbonyl (C=O) groups excluding carboxylic acids is 1. The third kappa shape index (κ3) is 4.27. The molecule has 1 atom stereocenters. The summed E-state index contributed by atoms with van der Waals surface area (Å²) in [6, 6.07) is 4.91. The van der Waals surface area contributed by atoms with E-state index in [9.17, 15) is 18.0 Å². The maximum atomic E-state index is 12.4. The summed E-state index contributed by atoms with van der Waals surface area (Å²) in [7, 11) is 1.54. The number of rotatable bonds is 4. The third-order valence-electron chi connectivity index (χ3n) is 3.35. The molecule has 0 spiro atoms. The number of likely N-dealkylation sites (tertiary alicyclic amines) is 1. The van der Waals surface area contributed by atoms with E-state index in [0.717, 1.165) is 18.9 Å². The largest absolute Gasteiger partial charge is 0.573 e. The van der Waals surface area contributed by atoms with Crippen molar-refractivity contribution in [1.82, 2.24) is 4.90 Å². The minimum absolute atomic E-state index is 0.0205. The zero-order valence-corrected chi connectivity index (χ0v) is 12.0. The normalized spacial score (nSPS) is 18.4. The van der Waals surface area contributed by atoms with Gasteiger partial charge in [0.25, 0.3) is 0 Å². The van der Waals surface area contributed by atoms with Crippen LogP contribution in [-0.2, 0) is 4.74 Å². The molecule has 1 heterocycles. The number of para-hydroxylation sites is 2. The number of ether oxygens (including phenoxy) is 2. The van der Waals surface area contributed by atoms with Gasteiger partial charge >= 0.3 is 12.4 Å². The lowest BCUT2D eigenvalue weighted by atomic mass is 10.2. The summed E-state index contributed by atoms with van der Waals surface area (Å²) in [5, 5.41) is 2.47. The average molecular weight is 318 g/mol. The third-order valence-corrected chi connectivity index (χ3v) is 3.35. The van der Waals surface area contributed by atoms with Gasteiger partial charge in [0.05, 0.1) is 18.3 Å². The number of benzene rings is 1. The topological polar surface area (TPSA) is 50.8 Å². The number of amides is 2. The summed E-state index contributed by atoms with van der Waals surface area (Å²) < 4.78 is 46.0. The molecule has 0 radical (unpaired) electrons. The van der Waals surface area contributed by atoms with Gasteiger partial charge in [-0.15, -0.1) is 13.2 Å². The van der Waals surface area contributed by atoms with E-state index in [1.54, 1.807) is 12.0 Å². The molecule has 1 aromatic rings. The van der Waals surface area contributed by atoms with Gasteiger partial charge in [0, 0.05) is 13.7 Å². The first-order chi connectivity index (χ1) is 10.4. The zero-order chi connectivity index (χ0) is 16.2. The van der Waals surface area contributed by atoms with E-state index in [1.165, 1.54) is 18.2 Å². The molecular weight excluding hydrogens is 301 g/mol. The number of anilines is 1. The van der Waals surface area contributed by atoms with Crippen molar-refractivity contribution in [3.8, 4) is 5.75 Å². The molecule has 8 heteroatoms. The standard InChI is InChI=1S/C14H17F3N2O3/c1-21-9-10-5-4-8-19(10)13(20)18-11-6-2-3-7-12(11)22-14(15,16)17/h2-3,6-7,10H,4-5,8-9H2,1H3,(H,18,20)/t10-/m0/s1. The van der Waals surface area contributed by atoms with Crippen molar-refractivity contribution in [2.24, 2.45) is 0 Å². The van der Waals surface area contributed by atoms with Crippen molar-refractivity contribution in [1.29, 1.82) is 0 Å². The van der Waals surface area contributed by atoms with Crippen molar-refractivity contribution in [2.75, 3.05) is 25.6 Å². The molecule has 1 aliphatic rings. The number of nitrogens with zero attached hydrogens (tertiary/aromatic N) is 1. The fraction of sp³-hybridized carbons (Fsp3) is 0.500. The molecule has 0 aromatic heterocycles. The molecule has 1 aliphatic heterocycles.